The maximum atomic E-state index is 12.2. The number of likely N-dealkylation sites (N-methyl/N-ethyl adjacent to an activating group) is 2. The van der Waals surface area contributed by atoms with Gasteiger partial charge in [0.25, 0.3) is 0 Å². The van der Waals surface area contributed by atoms with E-state index in [1.807, 2.05) is 48.9 Å². The number of fused-ring (bicyclic) bond motifs is 1. The Morgan fingerprint density at radius 3 is 2.35 bits per heavy atom. The number of carbonyl (C=O) groups excluding carboxylic acids is 1. The average Bonchev–Trinajstić information content (AvgIpc) is 2.47. The first kappa shape index (κ1) is 14.4. The molecule has 2 aromatic carbocycles. The van der Waals surface area contributed by atoms with Gasteiger partial charge in [-0.3, -0.25) is 4.79 Å². The van der Waals surface area contributed by atoms with E-state index in [1.54, 1.807) is 0 Å². The van der Waals surface area contributed by atoms with Crippen LogP contribution in [0.4, 0.5) is 5.69 Å². The van der Waals surface area contributed by atoms with Gasteiger partial charge in [-0.2, -0.15) is 0 Å². The molecule has 1 amide bonds. The smallest absolute Gasteiger partial charge is 0.242 e. The summed E-state index contributed by atoms with van der Waals surface area (Å²) in [5.74, 6) is 0.172. The molecule has 0 aliphatic rings. The van der Waals surface area contributed by atoms with Crippen LogP contribution in [0.3, 0.4) is 0 Å². The zero-order valence-corrected chi connectivity index (χ0v) is 12.5. The number of hydrogen-bond acceptors (Lipinski definition) is 2. The number of hydrogen-bond donors (Lipinski definition) is 0. The standard InChI is InChI=1S/C17H22N2O/c1-4-19(5-2)17(20)13-18(3)16-12-8-10-14-9-6-7-11-15(14)16/h6-12H,4-5,13H2,1-3H3. The van der Waals surface area contributed by atoms with Gasteiger partial charge in [0.15, 0.2) is 0 Å². The van der Waals surface area contributed by atoms with Gasteiger partial charge in [-0.1, -0.05) is 36.4 Å². The normalized spacial score (nSPS) is 10.6. The molecular weight excluding hydrogens is 248 g/mol. The maximum Gasteiger partial charge on any atom is 0.242 e. The van der Waals surface area contributed by atoms with Crippen LogP contribution >= 0.6 is 0 Å². The fourth-order valence-electron chi connectivity index (χ4n) is 2.51. The minimum atomic E-state index is 0.172. The SMILES string of the molecule is CCN(CC)C(=O)CN(C)c1cccc2ccccc12. The Labute approximate surface area is 120 Å². The summed E-state index contributed by atoms with van der Waals surface area (Å²) in [4.78, 5) is 16.1. The quantitative estimate of drug-likeness (QED) is 0.833. The van der Waals surface area contributed by atoms with Crippen LogP contribution in [0.25, 0.3) is 10.8 Å². The molecule has 0 heterocycles. The summed E-state index contributed by atoms with van der Waals surface area (Å²) >= 11 is 0. The first-order chi connectivity index (χ1) is 9.67. The zero-order valence-electron chi connectivity index (χ0n) is 12.5. The summed E-state index contributed by atoms with van der Waals surface area (Å²) in [6, 6.07) is 14.5. The van der Waals surface area contributed by atoms with Crippen molar-refractivity contribution >= 4 is 22.4 Å². The van der Waals surface area contributed by atoms with Crippen molar-refractivity contribution in [3.05, 3.63) is 42.5 Å². The fourth-order valence-corrected chi connectivity index (χ4v) is 2.51. The van der Waals surface area contributed by atoms with Crippen LogP contribution in [0.15, 0.2) is 42.5 Å². The highest BCUT2D eigenvalue weighted by molar-refractivity contribution is 5.95. The Balaban J connectivity index is 2.23. The number of amides is 1. The number of benzene rings is 2. The van der Waals surface area contributed by atoms with E-state index < -0.39 is 0 Å². The molecule has 2 rings (SSSR count). The summed E-state index contributed by atoms with van der Waals surface area (Å²) < 4.78 is 0. The Bertz CT molecular complexity index is 585. The van der Waals surface area contributed by atoms with E-state index in [0.717, 1.165) is 18.8 Å². The van der Waals surface area contributed by atoms with Crippen molar-refractivity contribution in [2.75, 3.05) is 31.6 Å². The molecule has 0 aliphatic heterocycles. The summed E-state index contributed by atoms with van der Waals surface area (Å²) in [7, 11) is 1.98. The van der Waals surface area contributed by atoms with Crippen molar-refractivity contribution in [1.82, 2.24) is 4.90 Å². The van der Waals surface area contributed by atoms with Crippen LogP contribution in [-0.4, -0.2) is 37.5 Å². The molecule has 2 aromatic rings. The summed E-state index contributed by atoms with van der Waals surface area (Å²) in [6.45, 7) is 5.96. The van der Waals surface area contributed by atoms with Gasteiger partial charge in [0.05, 0.1) is 6.54 Å². The molecule has 0 aromatic heterocycles. The van der Waals surface area contributed by atoms with Crippen molar-refractivity contribution < 1.29 is 4.79 Å². The van der Waals surface area contributed by atoms with Crippen molar-refractivity contribution in [3.8, 4) is 0 Å². The Hall–Kier alpha value is -2.03. The maximum absolute atomic E-state index is 12.2. The van der Waals surface area contributed by atoms with Gasteiger partial charge >= 0.3 is 0 Å². The Morgan fingerprint density at radius 2 is 1.65 bits per heavy atom. The number of anilines is 1. The van der Waals surface area contributed by atoms with Crippen LogP contribution < -0.4 is 4.90 Å². The molecule has 0 N–H and O–H groups in total. The highest BCUT2D eigenvalue weighted by atomic mass is 16.2. The third kappa shape index (κ3) is 2.93. The van der Waals surface area contributed by atoms with E-state index in [-0.39, 0.29) is 5.91 Å². The second-order valence-corrected chi connectivity index (χ2v) is 4.92. The lowest BCUT2D eigenvalue weighted by atomic mass is 10.1. The minimum Gasteiger partial charge on any atom is -0.365 e. The van der Waals surface area contributed by atoms with Gasteiger partial charge in [0, 0.05) is 31.2 Å². The molecule has 3 heteroatoms. The Kier molecular flexibility index (Phi) is 4.61. The van der Waals surface area contributed by atoms with Gasteiger partial charge in [-0.05, 0) is 25.3 Å². The highest BCUT2D eigenvalue weighted by Gasteiger charge is 2.14. The molecule has 0 saturated heterocycles. The first-order valence-electron chi connectivity index (χ1n) is 7.14. The van der Waals surface area contributed by atoms with Crippen molar-refractivity contribution in [3.63, 3.8) is 0 Å². The molecule has 20 heavy (non-hydrogen) atoms. The van der Waals surface area contributed by atoms with Crippen molar-refractivity contribution in [2.24, 2.45) is 0 Å². The lowest BCUT2D eigenvalue weighted by Gasteiger charge is -2.25. The van der Waals surface area contributed by atoms with E-state index in [4.69, 9.17) is 0 Å². The van der Waals surface area contributed by atoms with E-state index in [2.05, 4.69) is 24.3 Å². The molecule has 0 bridgehead atoms. The fraction of sp³-hybridized carbons (Fsp3) is 0.353. The van der Waals surface area contributed by atoms with Crippen LogP contribution in [0, 0.1) is 0 Å². The number of carbonyl (C=O) groups is 1. The van der Waals surface area contributed by atoms with Crippen molar-refractivity contribution in [1.29, 1.82) is 0 Å². The molecule has 0 radical (unpaired) electrons. The van der Waals surface area contributed by atoms with Crippen LogP contribution in [0.2, 0.25) is 0 Å². The number of nitrogens with zero attached hydrogens (tertiary/aromatic N) is 2. The van der Waals surface area contributed by atoms with Crippen molar-refractivity contribution in [2.45, 2.75) is 13.8 Å². The van der Waals surface area contributed by atoms with Gasteiger partial charge in [-0.25, -0.2) is 0 Å². The molecule has 3 nitrogen and oxygen atoms in total. The average molecular weight is 270 g/mol. The van der Waals surface area contributed by atoms with Crippen LogP contribution in [0.5, 0.6) is 0 Å². The van der Waals surface area contributed by atoms with E-state index in [9.17, 15) is 4.79 Å². The largest absolute Gasteiger partial charge is 0.365 e. The third-order valence-corrected chi connectivity index (χ3v) is 3.67. The molecule has 0 unspecified atom stereocenters. The summed E-state index contributed by atoms with van der Waals surface area (Å²) in [5, 5.41) is 2.39. The lowest BCUT2D eigenvalue weighted by molar-refractivity contribution is -0.129. The minimum absolute atomic E-state index is 0.172. The molecule has 0 fully saturated rings. The van der Waals surface area contributed by atoms with E-state index in [1.165, 1.54) is 10.8 Å². The molecule has 0 atom stereocenters. The molecule has 0 spiro atoms. The molecule has 0 saturated carbocycles. The first-order valence-corrected chi connectivity index (χ1v) is 7.14. The second-order valence-electron chi connectivity index (χ2n) is 4.92. The van der Waals surface area contributed by atoms with Crippen LogP contribution in [-0.2, 0) is 4.79 Å². The highest BCUT2D eigenvalue weighted by Crippen LogP contribution is 2.25. The van der Waals surface area contributed by atoms with Gasteiger partial charge in [-0.15, -0.1) is 0 Å². The van der Waals surface area contributed by atoms with Gasteiger partial charge in [0.1, 0.15) is 0 Å². The summed E-state index contributed by atoms with van der Waals surface area (Å²) in [5.41, 5.74) is 1.10. The Morgan fingerprint density at radius 1 is 1.00 bits per heavy atom. The van der Waals surface area contributed by atoms with E-state index >= 15 is 0 Å². The topological polar surface area (TPSA) is 23.6 Å². The van der Waals surface area contributed by atoms with Gasteiger partial charge < -0.3 is 9.80 Å². The monoisotopic (exact) mass is 270 g/mol. The predicted molar refractivity (Wildman–Crippen MR) is 85.1 cm³/mol. The van der Waals surface area contributed by atoms with Crippen LogP contribution in [0.1, 0.15) is 13.8 Å². The zero-order chi connectivity index (χ0) is 14.5. The molecular formula is C17H22N2O. The van der Waals surface area contributed by atoms with E-state index in [0.29, 0.717) is 6.54 Å². The second kappa shape index (κ2) is 6.42. The summed E-state index contributed by atoms with van der Waals surface area (Å²) in [6.07, 6.45) is 0. The third-order valence-electron chi connectivity index (χ3n) is 3.67. The number of rotatable bonds is 5. The molecule has 106 valence electrons. The molecule has 0 aliphatic carbocycles. The van der Waals surface area contributed by atoms with Gasteiger partial charge in [0.2, 0.25) is 5.91 Å². The lowest BCUT2D eigenvalue weighted by Crippen LogP contribution is -2.38. The predicted octanol–water partition coefficient (Wildman–Crippen LogP) is 3.14.